The third-order valence-electron chi connectivity index (χ3n) is 5.77. The summed E-state index contributed by atoms with van der Waals surface area (Å²) < 4.78 is 10.3. The van der Waals surface area contributed by atoms with Crippen molar-refractivity contribution in [1.82, 2.24) is 15.5 Å². The molecule has 0 aromatic heterocycles. The van der Waals surface area contributed by atoms with E-state index in [1.807, 2.05) is 19.1 Å². The van der Waals surface area contributed by atoms with Gasteiger partial charge in [-0.15, -0.1) is 0 Å². The van der Waals surface area contributed by atoms with Crippen molar-refractivity contribution >= 4 is 29.8 Å². The fourth-order valence-corrected chi connectivity index (χ4v) is 3.98. The summed E-state index contributed by atoms with van der Waals surface area (Å²) in [4.78, 5) is 65.3. The molecule has 4 amide bonds. The Kier molecular flexibility index (Phi) is 13.1. The van der Waals surface area contributed by atoms with Gasteiger partial charge < -0.3 is 30.7 Å². The molecular formula is C29H46N4O7. The second-order valence-corrected chi connectivity index (χ2v) is 11.4. The number of esters is 1. The minimum atomic E-state index is -1.20. The molecule has 0 radical (unpaired) electrons. The molecule has 0 aliphatic heterocycles. The maximum atomic E-state index is 14.2. The lowest BCUT2D eigenvalue weighted by atomic mass is 9.94. The highest BCUT2D eigenvalue weighted by molar-refractivity contribution is 5.93. The number of alkyl carbamates (subject to hydrolysis) is 1. The molecule has 40 heavy (non-hydrogen) atoms. The van der Waals surface area contributed by atoms with Gasteiger partial charge in [-0.3, -0.25) is 19.2 Å². The van der Waals surface area contributed by atoms with E-state index in [9.17, 15) is 24.0 Å². The highest BCUT2D eigenvalue weighted by Crippen LogP contribution is 2.31. The first kappa shape index (κ1) is 34.4. The van der Waals surface area contributed by atoms with Crippen LogP contribution in [0.3, 0.4) is 0 Å². The monoisotopic (exact) mass is 562 g/mol. The molecule has 0 heterocycles. The van der Waals surface area contributed by atoms with E-state index < -0.39 is 53.0 Å². The molecule has 1 rings (SSSR count). The van der Waals surface area contributed by atoms with Gasteiger partial charge >= 0.3 is 12.1 Å². The Morgan fingerprint density at radius 2 is 1.55 bits per heavy atom. The van der Waals surface area contributed by atoms with Crippen molar-refractivity contribution in [1.29, 1.82) is 0 Å². The number of carbonyl (C=O) groups excluding carboxylic acids is 5. The number of hydrogen-bond donors (Lipinski definition) is 3. The molecule has 4 N–H and O–H groups in total. The van der Waals surface area contributed by atoms with Crippen molar-refractivity contribution in [3.63, 3.8) is 0 Å². The average molecular weight is 563 g/mol. The Morgan fingerprint density at radius 3 is 2.02 bits per heavy atom. The maximum Gasteiger partial charge on any atom is 0.408 e. The Labute approximate surface area is 237 Å². The van der Waals surface area contributed by atoms with Crippen LogP contribution in [0.1, 0.15) is 91.8 Å². The van der Waals surface area contributed by atoms with Gasteiger partial charge in [-0.25, -0.2) is 4.79 Å². The molecule has 0 saturated carbocycles. The van der Waals surface area contributed by atoms with E-state index in [1.165, 1.54) is 4.90 Å². The average Bonchev–Trinajstić information content (AvgIpc) is 2.82. The van der Waals surface area contributed by atoms with Crippen LogP contribution in [0.2, 0.25) is 0 Å². The van der Waals surface area contributed by atoms with Gasteiger partial charge in [0.1, 0.15) is 17.7 Å². The van der Waals surface area contributed by atoms with Gasteiger partial charge in [0.2, 0.25) is 17.7 Å². The smallest absolute Gasteiger partial charge is 0.408 e. The van der Waals surface area contributed by atoms with Gasteiger partial charge in [-0.2, -0.15) is 0 Å². The van der Waals surface area contributed by atoms with E-state index in [0.29, 0.717) is 5.56 Å². The fourth-order valence-electron chi connectivity index (χ4n) is 3.98. The van der Waals surface area contributed by atoms with Crippen molar-refractivity contribution in [2.75, 3.05) is 13.2 Å². The molecule has 11 heteroatoms. The molecular weight excluding hydrogens is 516 g/mol. The standard InChI is InChI=1S/C29H46N4O7/c1-9-19-11-13-20(14-12-19)24(25(36)31-18-17-23(35)39-10-2)33(28(3,4)5)26(37)21(15-16-22(30)34)32-27(38)40-29(6,7)8/h11-14,21,24H,9-10,15-18H2,1-8H3,(H2,30,34)(H,31,36)(H,32,38). The number of carbonyl (C=O) groups is 5. The molecule has 0 fully saturated rings. The molecule has 0 aliphatic carbocycles. The van der Waals surface area contributed by atoms with E-state index in [-0.39, 0.29) is 32.4 Å². The summed E-state index contributed by atoms with van der Waals surface area (Å²) in [5.74, 6) is -2.20. The van der Waals surface area contributed by atoms with Crippen LogP contribution in [0.15, 0.2) is 24.3 Å². The lowest BCUT2D eigenvalue weighted by Gasteiger charge is -2.43. The van der Waals surface area contributed by atoms with Crippen molar-refractivity contribution in [3.05, 3.63) is 35.4 Å². The quantitative estimate of drug-likeness (QED) is 0.312. The summed E-state index contributed by atoms with van der Waals surface area (Å²) in [7, 11) is 0. The lowest BCUT2D eigenvalue weighted by Crippen LogP contribution is -2.58. The van der Waals surface area contributed by atoms with Gasteiger partial charge in [-0.05, 0) is 72.4 Å². The molecule has 2 unspecified atom stereocenters. The second kappa shape index (κ2) is 15.2. The van der Waals surface area contributed by atoms with Crippen molar-refractivity contribution in [3.8, 4) is 0 Å². The molecule has 0 aliphatic rings. The summed E-state index contributed by atoms with van der Waals surface area (Å²) >= 11 is 0. The topological polar surface area (TPSA) is 157 Å². The summed E-state index contributed by atoms with van der Waals surface area (Å²) in [6.07, 6.45) is -0.357. The van der Waals surface area contributed by atoms with Gasteiger partial charge in [0.25, 0.3) is 0 Å². The van der Waals surface area contributed by atoms with Gasteiger partial charge in [0.15, 0.2) is 0 Å². The zero-order valence-corrected chi connectivity index (χ0v) is 25.1. The van der Waals surface area contributed by atoms with Crippen LogP contribution >= 0.6 is 0 Å². The summed E-state index contributed by atoms with van der Waals surface area (Å²) in [6, 6.07) is 5.00. The summed E-state index contributed by atoms with van der Waals surface area (Å²) in [5, 5.41) is 5.31. The number of benzene rings is 1. The zero-order valence-electron chi connectivity index (χ0n) is 25.1. The van der Waals surface area contributed by atoms with Crippen molar-refractivity contribution in [2.45, 2.75) is 104 Å². The summed E-state index contributed by atoms with van der Waals surface area (Å²) in [6.45, 7) is 14.3. The molecule has 0 bridgehead atoms. The van der Waals surface area contributed by atoms with Crippen LogP contribution in [-0.4, -0.2) is 65.0 Å². The minimum Gasteiger partial charge on any atom is -0.466 e. The zero-order chi connectivity index (χ0) is 30.7. The lowest BCUT2D eigenvalue weighted by molar-refractivity contribution is -0.149. The first-order valence-corrected chi connectivity index (χ1v) is 13.6. The molecule has 0 saturated heterocycles. The number of nitrogens with one attached hydrogen (secondary N) is 2. The largest absolute Gasteiger partial charge is 0.466 e. The van der Waals surface area contributed by atoms with E-state index in [4.69, 9.17) is 15.2 Å². The van der Waals surface area contributed by atoms with E-state index in [2.05, 4.69) is 10.6 Å². The molecule has 1 aromatic rings. The number of rotatable bonds is 13. The van der Waals surface area contributed by atoms with Gasteiger partial charge in [0, 0.05) is 18.5 Å². The molecule has 11 nitrogen and oxygen atoms in total. The third kappa shape index (κ3) is 11.6. The van der Waals surface area contributed by atoms with Crippen molar-refractivity contribution in [2.24, 2.45) is 5.73 Å². The predicted octanol–water partition coefficient (Wildman–Crippen LogP) is 3.15. The maximum absolute atomic E-state index is 14.2. The van der Waals surface area contributed by atoms with Crippen molar-refractivity contribution < 1.29 is 33.4 Å². The number of primary amides is 1. The van der Waals surface area contributed by atoms with Crippen LogP contribution in [-0.2, 0) is 35.1 Å². The fraction of sp³-hybridized carbons (Fsp3) is 0.621. The highest BCUT2D eigenvalue weighted by Gasteiger charge is 2.41. The molecule has 2 atom stereocenters. The first-order valence-electron chi connectivity index (χ1n) is 13.6. The Morgan fingerprint density at radius 1 is 0.950 bits per heavy atom. The van der Waals surface area contributed by atoms with Crippen LogP contribution in [0, 0.1) is 0 Å². The number of nitrogens with two attached hydrogens (primary N) is 1. The molecule has 0 spiro atoms. The predicted molar refractivity (Wildman–Crippen MR) is 151 cm³/mol. The number of nitrogens with zero attached hydrogens (tertiary/aromatic N) is 1. The summed E-state index contributed by atoms with van der Waals surface area (Å²) in [5.41, 5.74) is 5.20. The molecule has 1 aromatic carbocycles. The number of amides is 4. The van der Waals surface area contributed by atoms with Gasteiger partial charge in [-0.1, -0.05) is 31.2 Å². The second-order valence-electron chi connectivity index (χ2n) is 11.4. The van der Waals surface area contributed by atoms with Crippen LogP contribution in [0.5, 0.6) is 0 Å². The van der Waals surface area contributed by atoms with Gasteiger partial charge in [0.05, 0.1) is 13.0 Å². The van der Waals surface area contributed by atoms with E-state index in [1.54, 1.807) is 60.6 Å². The highest BCUT2D eigenvalue weighted by atomic mass is 16.6. The first-order chi connectivity index (χ1) is 18.5. The van der Waals surface area contributed by atoms with Crippen LogP contribution in [0.25, 0.3) is 0 Å². The number of ether oxygens (including phenoxy) is 2. The van der Waals surface area contributed by atoms with Crippen LogP contribution in [0.4, 0.5) is 4.79 Å². The van der Waals surface area contributed by atoms with E-state index >= 15 is 0 Å². The molecule has 224 valence electrons. The Hall–Kier alpha value is -3.63. The van der Waals surface area contributed by atoms with E-state index in [0.717, 1.165) is 12.0 Å². The van der Waals surface area contributed by atoms with Crippen LogP contribution < -0.4 is 16.4 Å². The Balaban J connectivity index is 3.51. The minimum absolute atomic E-state index is 0.00858. The normalized spacial score (nSPS) is 13.0. The number of aryl methyl sites for hydroxylation is 1. The third-order valence-corrected chi connectivity index (χ3v) is 5.77. The SMILES string of the molecule is CCOC(=O)CCNC(=O)C(c1ccc(CC)cc1)N(C(=O)C(CCC(N)=O)NC(=O)OC(C)(C)C)C(C)(C)C. The Bertz CT molecular complexity index is 1030. The number of hydrogen-bond acceptors (Lipinski definition) is 7.